The molecule has 1 saturated heterocycles. The Morgan fingerprint density at radius 3 is 2.47 bits per heavy atom. The molecule has 0 aromatic heterocycles. The molecular weight excluding hydrogens is 394 g/mol. The fourth-order valence-corrected chi connectivity index (χ4v) is 4.91. The summed E-state index contributed by atoms with van der Waals surface area (Å²) in [4.78, 5) is 24.0. The summed E-state index contributed by atoms with van der Waals surface area (Å²) in [5.74, 6) is 1.68. The number of hydrogen-bond donors (Lipinski definition) is 1. The van der Waals surface area contributed by atoms with Gasteiger partial charge in [0.1, 0.15) is 6.61 Å². The van der Waals surface area contributed by atoms with Gasteiger partial charge >= 0.3 is 0 Å². The van der Waals surface area contributed by atoms with Crippen molar-refractivity contribution in [3.63, 3.8) is 0 Å². The van der Waals surface area contributed by atoms with Crippen LogP contribution in [0.4, 0.5) is 0 Å². The van der Waals surface area contributed by atoms with Crippen LogP contribution in [0.3, 0.4) is 0 Å². The summed E-state index contributed by atoms with van der Waals surface area (Å²) in [5, 5.41) is 3.10. The largest absolute Gasteiger partial charge is 0.370 e. The van der Waals surface area contributed by atoms with Crippen LogP contribution in [0.15, 0.2) is 24.3 Å². The number of benzene rings is 1. The molecule has 0 bridgehead atoms. The van der Waals surface area contributed by atoms with Gasteiger partial charge in [0.15, 0.2) is 5.78 Å². The van der Waals surface area contributed by atoms with Crippen LogP contribution in [0.5, 0.6) is 0 Å². The number of amides is 1. The number of carbonyl (C=O) groups is 2. The quantitative estimate of drug-likeness (QED) is 0.483. The van der Waals surface area contributed by atoms with Crippen LogP contribution in [0.25, 0.3) is 0 Å². The van der Waals surface area contributed by atoms with Crippen molar-refractivity contribution in [2.45, 2.75) is 89.2 Å². The molecule has 30 heavy (non-hydrogen) atoms. The van der Waals surface area contributed by atoms with Gasteiger partial charge in [-0.3, -0.25) is 9.59 Å². The molecule has 1 heterocycles. The SMILES string of the molecule is CC(C)C[C@H](SCc1ccc(C(C)(C)C)cc1)C(=O)NCCCC[C@@H]1CC(=O)CO1. The zero-order valence-corrected chi connectivity index (χ0v) is 20.1. The molecule has 168 valence electrons. The Labute approximate surface area is 186 Å². The molecule has 1 aliphatic heterocycles. The highest BCUT2D eigenvalue weighted by Crippen LogP contribution is 2.26. The average molecular weight is 434 g/mol. The standard InChI is InChI=1S/C25H39NO3S/c1-18(2)14-23(30-17-19-9-11-20(12-10-19)25(3,4)5)24(28)26-13-7-6-8-22-15-21(27)16-29-22/h9-12,18,22-23H,6-8,13-17H2,1-5H3,(H,26,28)/t22-,23+/m1/s1. The van der Waals surface area contributed by atoms with Crippen molar-refractivity contribution in [1.82, 2.24) is 5.32 Å². The maximum atomic E-state index is 12.7. The second-order valence-corrected chi connectivity index (χ2v) is 11.0. The van der Waals surface area contributed by atoms with Gasteiger partial charge in [-0.25, -0.2) is 0 Å². The number of hydrogen-bond acceptors (Lipinski definition) is 4. The average Bonchev–Trinajstić information content (AvgIpc) is 3.09. The summed E-state index contributed by atoms with van der Waals surface area (Å²) in [6, 6.07) is 8.78. The van der Waals surface area contributed by atoms with E-state index in [1.54, 1.807) is 11.8 Å². The van der Waals surface area contributed by atoms with E-state index >= 15 is 0 Å². The van der Waals surface area contributed by atoms with E-state index in [1.807, 2.05) is 0 Å². The molecule has 1 aromatic rings. The van der Waals surface area contributed by atoms with Crippen molar-refractivity contribution >= 4 is 23.5 Å². The van der Waals surface area contributed by atoms with Crippen LogP contribution in [0.1, 0.15) is 77.8 Å². The molecule has 2 rings (SSSR count). The van der Waals surface area contributed by atoms with Gasteiger partial charge in [-0.05, 0) is 48.1 Å². The fourth-order valence-electron chi connectivity index (χ4n) is 3.57. The smallest absolute Gasteiger partial charge is 0.233 e. The first-order valence-corrected chi connectivity index (χ1v) is 12.3. The zero-order valence-electron chi connectivity index (χ0n) is 19.3. The molecule has 1 amide bonds. The van der Waals surface area contributed by atoms with Crippen molar-refractivity contribution in [3.05, 3.63) is 35.4 Å². The lowest BCUT2D eigenvalue weighted by Crippen LogP contribution is -2.34. The predicted molar refractivity (Wildman–Crippen MR) is 126 cm³/mol. The topological polar surface area (TPSA) is 55.4 Å². The number of Topliss-reactive ketones (excluding diaryl/α,β-unsaturated/α-hetero) is 1. The van der Waals surface area contributed by atoms with Gasteiger partial charge in [0.05, 0.1) is 11.4 Å². The first-order chi connectivity index (χ1) is 14.1. The molecule has 0 radical (unpaired) electrons. The van der Waals surface area contributed by atoms with Crippen LogP contribution < -0.4 is 5.32 Å². The normalized spacial score (nSPS) is 18.1. The van der Waals surface area contributed by atoms with Gasteiger partial charge in [0.2, 0.25) is 5.91 Å². The minimum atomic E-state index is -0.0249. The maximum Gasteiger partial charge on any atom is 0.233 e. The van der Waals surface area contributed by atoms with Gasteiger partial charge in [-0.15, -0.1) is 11.8 Å². The molecule has 1 N–H and O–H groups in total. The van der Waals surface area contributed by atoms with Crippen LogP contribution in [0, 0.1) is 5.92 Å². The van der Waals surface area contributed by atoms with Gasteiger partial charge in [-0.1, -0.05) is 58.9 Å². The minimum absolute atomic E-state index is 0.0249. The molecule has 1 fully saturated rings. The highest BCUT2D eigenvalue weighted by molar-refractivity contribution is 7.99. The van der Waals surface area contributed by atoms with E-state index in [2.05, 4.69) is 64.2 Å². The van der Waals surface area contributed by atoms with E-state index < -0.39 is 0 Å². The zero-order chi connectivity index (χ0) is 22.1. The monoisotopic (exact) mass is 433 g/mol. The Morgan fingerprint density at radius 1 is 1.20 bits per heavy atom. The summed E-state index contributed by atoms with van der Waals surface area (Å²) >= 11 is 1.74. The number of ether oxygens (including phenoxy) is 1. The number of nitrogens with one attached hydrogen (secondary N) is 1. The lowest BCUT2D eigenvalue weighted by atomic mass is 9.87. The Kier molecular flexibility index (Phi) is 9.89. The molecule has 0 unspecified atom stereocenters. The molecule has 1 aromatic carbocycles. The van der Waals surface area contributed by atoms with Crippen molar-refractivity contribution in [2.24, 2.45) is 5.92 Å². The van der Waals surface area contributed by atoms with Gasteiger partial charge in [-0.2, -0.15) is 0 Å². The molecule has 1 aliphatic rings. The van der Waals surface area contributed by atoms with Gasteiger partial charge < -0.3 is 10.1 Å². The molecular formula is C25H39NO3S. The Bertz CT molecular complexity index is 679. The van der Waals surface area contributed by atoms with Gasteiger partial charge in [0, 0.05) is 18.7 Å². The van der Waals surface area contributed by atoms with E-state index in [-0.39, 0.29) is 35.1 Å². The summed E-state index contributed by atoms with van der Waals surface area (Å²) in [7, 11) is 0. The molecule has 5 heteroatoms. The summed E-state index contributed by atoms with van der Waals surface area (Å²) in [5.41, 5.74) is 2.76. The third-order valence-corrected chi connectivity index (χ3v) is 6.75. The predicted octanol–water partition coefficient (Wildman–Crippen LogP) is 5.28. The van der Waals surface area contributed by atoms with Crippen molar-refractivity contribution < 1.29 is 14.3 Å². The summed E-state index contributed by atoms with van der Waals surface area (Å²) < 4.78 is 5.43. The van der Waals surface area contributed by atoms with E-state index in [0.717, 1.165) is 31.4 Å². The molecule has 2 atom stereocenters. The van der Waals surface area contributed by atoms with Crippen LogP contribution >= 0.6 is 11.8 Å². The Balaban J connectivity index is 1.75. The fraction of sp³-hybridized carbons (Fsp3) is 0.680. The van der Waals surface area contributed by atoms with E-state index in [1.165, 1.54) is 11.1 Å². The number of carbonyl (C=O) groups excluding carboxylic acids is 2. The van der Waals surface area contributed by atoms with Gasteiger partial charge in [0.25, 0.3) is 0 Å². The number of thioether (sulfide) groups is 1. The Morgan fingerprint density at radius 2 is 1.90 bits per heavy atom. The Hall–Kier alpha value is -1.33. The third-order valence-electron chi connectivity index (χ3n) is 5.44. The molecule has 0 aliphatic carbocycles. The van der Waals surface area contributed by atoms with E-state index in [0.29, 0.717) is 18.9 Å². The second-order valence-electron chi connectivity index (χ2n) is 9.84. The van der Waals surface area contributed by atoms with Crippen LogP contribution in [-0.2, 0) is 25.5 Å². The number of unbranched alkanes of at least 4 members (excludes halogenated alkanes) is 1. The maximum absolute atomic E-state index is 12.7. The summed E-state index contributed by atoms with van der Waals surface area (Å²) in [6.07, 6.45) is 4.32. The van der Waals surface area contributed by atoms with Crippen LogP contribution in [-0.4, -0.2) is 36.2 Å². The molecule has 0 spiro atoms. The van der Waals surface area contributed by atoms with Crippen LogP contribution in [0.2, 0.25) is 0 Å². The number of rotatable bonds is 11. The van der Waals surface area contributed by atoms with Crippen molar-refractivity contribution in [2.75, 3.05) is 13.2 Å². The van der Waals surface area contributed by atoms with E-state index in [9.17, 15) is 9.59 Å². The molecule has 0 saturated carbocycles. The highest BCUT2D eigenvalue weighted by atomic mass is 32.2. The lowest BCUT2D eigenvalue weighted by Gasteiger charge is -2.20. The molecule has 4 nitrogen and oxygen atoms in total. The summed E-state index contributed by atoms with van der Waals surface area (Å²) in [6.45, 7) is 12.0. The third kappa shape index (κ3) is 8.81. The van der Waals surface area contributed by atoms with Crippen molar-refractivity contribution in [3.8, 4) is 0 Å². The minimum Gasteiger partial charge on any atom is -0.370 e. The number of ketones is 1. The van der Waals surface area contributed by atoms with E-state index in [4.69, 9.17) is 4.74 Å². The highest BCUT2D eigenvalue weighted by Gasteiger charge is 2.23. The van der Waals surface area contributed by atoms with Crippen molar-refractivity contribution in [1.29, 1.82) is 0 Å². The lowest BCUT2D eigenvalue weighted by molar-refractivity contribution is -0.121. The first-order valence-electron chi connectivity index (χ1n) is 11.3. The second kappa shape index (κ2) is 11.9. The first kappa shape index (κ1) is 24.9.